The van der Waals surface area contributed by atoms with E-state index in [1.807, 2.05) is 15.5 Å². The van der Waals surface area contributed by atoms with Crippen LogP contribution in [-0.2, 0) is 22.6 Å². The van der Waals surface area contributed by atoms with Crippen LogP contribution in [0.5, 0.6) is 0 Å². The molecule has 26 heavy (non-hydrogen) atoms. The largest absolute Gasteiger partial charge is 0.378 e. The number of rotatable bonds is 3. The van der Waals surface area contributed by atoms with Crippen molar-refractivity contribution in [1.29, 1.82) is 0 Å². The van der Waals surface area contributed by atoms with Crippen molar-refractivity contribution in [2.24, 2.45) is 0 Å². The first kappa shape index (κ1) is 17.5. The van der Waals surface area contributed by atoms with Crippen LogP contribution in [0.3, 0.4) is 0 Å². The molecule has 0 N–H and O–H groups in total. The van der Waals surface area contributed by atoms with Gasteiger partial charge in [-0.2, -0.15) is 0 Å². The first-order valence-corrected chi connectivity index (χ1v) is 9.03. The van der Waals surface area contributed by atoms with Gasteiger partial charge in [0.25, 0.3) is 0 Å². The van der Waals surface area contributed by atoms with E-state index in [9.17, 15) is 9.18 Å². The highest BCUT2D eigenvalue weighted by Crippen LogP contribution is 2.25. The van der Waals surface area contributed by atoms with Gasteiger partial charge in [-0.3, -0.25) is 9.69 Å². The maximum atomic E-state index is 13.7. The Labute approximate surface area is 156 Å². The molecule has 1 amide bonds. The van der Waals surface area contributed by atoms with E-state index in [-0.39, 0.29) is 17.0 Å². The second-order valence-electron chi connectivity index (χ2n) is 6.66. The lowest BCUT2D eigenvalue weighted by molar-refractivity contribution is -0.140. The fraction of sp³-hybridized carbons (Fsp3) is 0.444. The van der Waals surface area contributed by atoms with Gasteiger partial charge in [-0.05, 0) is 17.7 Å². The Morgan fingerprint density at radius 1 is 1.35 bits per heavy atom. The minimum absolute atomic E-state index is 0.0829. The summed E-state index contributed by atoms with van der Waals surface area (Å²) in [4.78, 5) is 21.2. The molecular formula is C18H20ClFN4O2. The maximum Gasteiger partial charge on any atom is 0.247 e. The zero-order chi connectivity index (χ0) is 18.1. The Hall–Kier alpha value is -1.96. The number of aromatic nitrogens is 2. The molecule has 0 spiro atoms. The predicted molar refractivity (Wildman–Crippen MR) is 94.2 cm³/mol. The molecule has 4 rings (SSSR count). The Morgan fingerprint density at radius 2 is 2.15 bits per heavy atom. The van der Waals surface area contributed by atoms with Gasteiger partial charge < -0.3 is 14.2 Å². The summed E-state index contributed by atoms with van der Waals surface area (Å²) in [6.45, 7) is 4.14. The molecule has 2 aromatic rings. The molecule has 1 fully saturated rings. The van der Waals surface area contributed by atoms with E-state index in [1.165, 1.54) is 6.07 Å². The van der Waals surface area contributed by atoms with Gasteiger partial charge in [-0.15, -0.1) is 0 Å². The lowest BCUT2D eigenvalue weighted by atomic mass is 10.1. The monoisotopic (exact) mass is 378 g/mol. The molecule has 0 aliphatic carbocycles. The van der Waals surface area contributed by atoms with E-state index >= 15 is 0 Å². The number of fused-ring (bicyclic) bond motifs is 1. The highest BCUT2D eigenvalue weighted by Gasteiger charge is 2.33. The van der Waals surface area contributed by atoms with E-state index in [0.29, 0.717) is 45.9 Å². The second-order valence-corrected chi connectivity index (χ2v) is 7.07. The number of hydrogen-bond donors (Lipinski definition) is 0. The van der Waals surface area contributed by atoms with Crippen LogP contribution in [0.25, 0.3) is 0 Å². The number of nitrogens with zero attached hydrogens (tertiary/aromatic N) is 4. The van der Waals surface area contributed by atoms with Crippen LogP contribution in [0.4, 0.5) is 4.39 Å². The quantitative estimate of drug-likeness (QED) is 0.820. The van der Waals surface area contributed by atoms with Crippen molar-refractivity contribution >= 4 is 17.5 Å². The predicted octanol–water partition coefficient (Wildman–Crippen LogP) is 2.09. The van der Waals surface area contributed by atoms with Crippen molar-refractivity contribution in [1.82, 2.24) is 19.4 Å². The van der Waals surface area contributed by atoms with Gasteiger partial charge in [0.2, 0.25) is 5.91 Å². The molecule has 1 aromatic carbocycles. The number of imidazole rings is 1. The van der Waals surface area contributed by atoms with Crippen LogP contribution >= 0.6 is 11.6 Å². The van der Waals surface area contributed by atoms with Crippen molar-refractivity contribution in [3.8, 4) is 0 Å². The van der Waals surface area contributed by atoms with Gasteiger partial charge in [0.1, 0.15) is 11.9 Å². The summed E-state index contributed by atoms with van der Waals surface area (Å²) < 4.78 is 21.0. The minimum atomic E-state index is -0.424. The molecule has 6 nitrogen and oxygen atoms in total. The average Bonchev–Trinajstić information content (AvgIpc) is 3.13. The molecule has 1 saturated heterocycles. The van der Waals surface area contributed by atoms with Crippen LogP contribution in [0, 0.1) is 5.82 Å². The molecule has 3 heterocycles. The molecule has 1 unspecified atom stereocenters. The lowest BCUT2D eigenvalue weighted by Crippen LogP contribution is -2.49. The minimum Gasteiger partial charge on any atom is -0.378 e. The number of benzene rings is 1. The molecule has 8 heteroatoms. The molecule has 2 aliphatic heterocycles. The van der Waals surface area contributed by atoms with Gasteiger partial charge in [0, 0.05) is 38.9 Å². The third-order valence-electron chi connectivity index (χ3n) is 4.90. The Balaban J connectivity index is 1.53. The van der Waals surface area contributed by atoms with E-state index in [0.717, 1.165) is 11.3 Å². The molecule has 1 aromatic heterocycles. The SMILES string of the molecule is O=C(C1CN(Cc2ccc(Cl)c(F)c2)Cc2cncn21)N1CCOCC1. The number of carbonyl (C=O) groups is 1. The molecule has 0 bridgehead atoms. The highest BCUT2D eigenvalue weighted by atomic mass is 35.5. The number of morpholine rings is 1. The van der Waals surface area contributed by atoms with E-state index in [1.54, 1.807) is 18.6 Å². The number of amides is 1. The fourth-order valence-corrected chi connectivity index (χ4v) is 3.69. The van der Waals surface area contributed by atoms with E-state index in [4.69, 9.17) is 16.3 Å². The van der Waals surface area contributed by atoms with Crippen LogP contribution < -0.4 is 0 Å². The zero-order valence-corrected chi connectivity index (χ0v) is 15.0. The topological polar surface area (TPSA) is 50.6 Å². The summed E-state index contributed by atoms with van der Waals surface area (Å²) in [6, 6.07) is 4.51. The number of hydrogen-bond acceptors (Lipinski definition) is 4. The van der Waals surface area contributed by atoms with Gasteiger partial charge in [0.05, 0.1) is 30.3 Å². The van der Waals surface area contributed by atoms with Crippen molar-refractivity contribution in [2.75, 3.05) is 32.8 Å². The zero-order valence-electron chi connectivity index (χ0n) is 14.3. The Kier molecular flexibility index (Phi) is 4.93. The van der Waals surface area contributed by atoms with Gasteiger partial charge in [0.15, 0.2) is 0 Å². The number of carbonyl (C=O) groups excluding carboxylic acids is 1. The van der Waals surface area contributed by atoms with Crippen molar-refractivity contribution in [2.45, 2.75) is 19.1 Å². The van der Waals surface area contributed by atoms with Gasteiger partial charge in [-0.1, -0.05) is 17.7 Å². The normalized spacial score (nSPS) is 20.8. The summed E-state index contributed by atoms with van der Waals surface area (Å²) in [6.07, 6.45) is 3.51. The van der Waals surface area contributed by atoms with Gasteiger partial charge in [-0.25, -0.2) is 9.37 Å². The third kappa shape index (κ3) is 3.47. The summed E-state index contributed by atoms with van der Waals surface area (Å²) in [5, 5.41) is 0.117. The van der Waals surface area contributed by atoms with Crippen LogP contribution in [0.2, 0.25) is 5.02 Å². The van der Waals surface area contributed by atoms with Crippen LogP contribution in [0.15, 0.2) is 30.7 Å². The summed E-state index contributed by atoms with van der Waals surface area (Å²) >= 11 is 5.77. The third-order valence-corrected chi connectivity index (χ3v) is 5.20. The van der Waals surface area contributed by atoms with E-state index < -0.39 is 5.82 Å². The average molecular weight is 379 g/mol. The first-order chi connectivity index (χ1) is 12.6. The maximum absolute atomic E-state index is 13.7. The van der Waals surface area contributed by atoms with Crippen LogP contribution in [-0.4, -0.2) is 58.1 Å². The highest BCUT2D eigenvalue weighted by molar-refractivity contribution is 6.30. The Bertz CT molecular complexity index is 806. The van der Waals surface area contributed by atoms with Gasteiger partial charge >= 0.3 is 0 Å². The lowest BCUT2D eigenvalue weighted by Gasteiger charge is -2.37. The van der Waals surface area contributed by atoms with Crippen molar-refractivity contribution in [3.05, 3.63) is 52.8 Å². The molecule has 0 saturated carbocycles. The smallest absolute Gasteiger partial charge is 0.247 e. The summed E-state index contributed by atoms with van der Waals surface area (Å²) in [5.74, 6) is -0.341. The second kappa shape index (κ2) is 7.34. The van der Waals surface area contributed by atoms with Crippen molar-refractivity contribution in [3.63, 3.8) is 0 Å². The standard InChI is InChI=1S/C18H20ClFN4O2/c19-15-2-1-13(7-16(15)20)9-22-10-14-8-21-12-24(14)17(11-22)18(25)23-3-5-26-6-4-23/h1-2,7-8,12,17H,3-6,9-11H2. The molecular weight excluding hydrogens is 359 g/mol. The molecule has 2 aliphatic rings. The fourth-order valence-electron chi connectivity index (χ4n) is 3.57. The molecule has 138 valence electrons. The Morgan fingerprint density at radius 3 is 2.92 bits per heavy atom. The summed E-state index contributed by atoms with van der Waals surface area (Å²) in [5.41, 5.74) is 1.81. The first-order valence-electron chi connectivity index (χ1n) is 8.65. The summed E-state index contributed by atoms with van der Waals surface area (Å²) in [7, 11) is 0. The van der Waals surface area contributed by atoms with Crippen molar-refractivity contribution < 1.29 is 13.9 Å². The molecule has 0 radical (unpaired) electrons. The molecule has 1 atom stereocenters. The van der Waals surface area contributed by atoms with Crippen LogP contribution in [0.1, 0.15) is 17.3 Å². The number of halogens is 2. The number of ether oxygens (including phenoxy) is 1. The van der Waals surface area contributed by atoms with E-state index in [2.05, 4.69) is 9.88 Å².